The smallest absolute Gasteiger partial charge is 0.325 e. The van der Waals surface area contributed by atoms with Crippen LogP contribution < -0.4 is 4.74 Å². The maximum Gasteiger partial charge on any atom is 0.325 e. The van der Waals surface area contributed by atoms with Crippen LogP contribution in [-0.2, 0) is 16.0 Å². The Morgan fingerprint density at radius 1 is 1.05 bits per heavy atom. The number of likely N-dealkylation sites (N-methyl/N-ethyl adjacent to an activating group) is 1. The largest absolute Gasteiger partial charge is 0.488 e. The predicted molar refractivity (Wildman–Crippen MR) is 148 cm³/mol. The molecule has 1 N–H and O–H groups in total. The molecular weight excluding hydrogens is 466 g/mol. The van der Waals surface area contributed by atoms with Gasteiger partial charge in [-0.1, -0.05) is 52.0 Å². The van der Waals surface area contributed by atoms with Crippen molar-refractivity contribution in [3.63, 3.8) is 0 Å². The lowest BCUT2D eigenvalue weighted by molar-refractivity contribution is -0.141. The highest BCUT2D eigenvalue weighted by atomic mass is 16.5. The third-order valence-corrected chi connectivity index (χ3v) is 7.05. The Bertz CT molecular complexity index is 1070. The van der Waals surface area contributed by atoms with Gasteiger partial charge in [-0.05, 0) is 85.8 Å². The fourth-order valence-electron chi connectivity index (χ4n) is 4.63. The Labute approximate surface area is 223 Å². The average molecular weight is 512 g/mol. The normalized spacial score (nSPS) is 14.0. The van der Waals surface area contributed by atoms with Gasteiger partial charge in [0.1, 0.15) is 18.4 Å². The van der Waals surface area contributed by atoms with Crippen molar-refractivity contribution in [1.82, 2.24) is 4.90 Å². The fourth-order valence-corrected chi connectivity index (χ4v) is 4.63. The van der Waals surface area contributed by atoms with Crippen molar-refractivity contribution in [2.24, 2.45) is 5.41 Å². The van der Waals surface area contributed by atoms with Gasteiger partial charge in [0.2, 0.25) is 0 Å². The molecule has 0 bridgehead atoms. The lowest BCUT2D eigenvalue weighted by Crippen LogP contribution is -2.39. The van der Waals surface area contributed by atoms with Crippen LogP contribution in [0.2, 0.25) is 0 Å². The summed E-state index contributed by atoms with van der Waals surface area (Å²) < 4.78 is 10.8. The summed E-state index contributed by atoms with van der Waals surface area (Å²) in [5.41, 5.74) is 4.79. The first-order valence-corrected chi connectivity index (χ1v) is 13.2. The SMILES string of the molecule is CCC(CCc1ccc(OC(C)C(O)C(C)(C)C)c(C)c1)c1ccc(C(=O)N(C)CC(=O)OC)c(C)c1. The van der Waals surface area contributed by atoms with E-state index in [0.717, 1.165) is 36.1 Å². The zero-order valence-electron chi connectivity index (χ0n) is 24.1. The molecule has 0 spiro atoms. The maximum absolute atomic E-state index is 12.8. The number of benzene rings is 2. The molecule has 2 aromatic carbocycles. The van der Waals surface area contributed by atoms with Crippen LogP contribution in [-0.4, -0.2) is 54.8 Å². The van der Waals surface area contributed by atoms with Crippen LogP contribution >= 0.6 is 0 Å². The standard InChI is InChI=1S/C31H45NO5/c1-10-24(25-14-15-26(20(2)18-25)30(35)32(8)19-28(33)36-9)13-11-23-12-16-27(21(3)17-23)37-22(4)29(34)31(5,6)7/h12,14-18,22,24,29,34H,10-11,13,19H2,1-9H3. The summed E-state index contributed by atoms with van der Waals surface area (Å²) in [5.74, 6) is 0.543. The van der Waals surface area contributed by atoms with Crippen LogP contribution in [0.1, 0.15) is 86.0 Å². The summed E-state index contributed by atoms with van der Waals surface area (Å²) in [6.45, 7) is 14.0. The number of carbonyl (C=O) groups is 2. The van der Waals surface area contributed by atoms with Crippen molar-refractivity contribution in [2.75, 3.05) is 20.7 Å². The summed E-state index contributed by atoms with van der Waals surface area (Å²) >= 11 is 0. The van der Waals surface area contributed by atoms with E-state index in [0.29, 0.717) is 11.5 Å². The molecule has 0 radical (unpaired) electrons. The maximum atomic E-state index is 12.8. The van der Waals surface area contributed by atoms with E-state index in [1.165, 1.54) is 23.1 Å². The van der Waals surface area contributed by atoms with Crippen molar-refractivity contribution >= 4 is 11.9 Å². The molecule has 2 aromatic rings. The molecule has 0 aliphatic heterocycles. The van der Waals surface area contributed by atoms with Crippen LogP contribution in [0.15, 0.2) is 36.4 Å². The Balaban J connectivity index is 2.06. The number of methoxy groups -OCH3 is 1. The molecular formula is C31H45NO5. The van der Waals surface area contributed by atoms with E-state index in [2.05, 4.69) is 29.9 Å². The van der Waals surface area contributed by atoms with Crippen molar-refractivity contribution in [2.45, 2.75) is 85.9 Å². The second-order valence-corrected chi connectivity index (χ2v) is 11.2. The van der Waals surface area contributed by atoms with E-state index in [-0.39, 0.29) is 24.0 Å². The zero-order chi connectivity index (χ0) is 27.9. The summed E-state index contributed by atoms with van der Waals surface area (Å²) in [6, 6.07) is 12.3. The van der Waals surface area contributed by atoms with Gasteiger partial charge < -0.3 is 19.5 Å². The predicted octanol–water partition coefficient (Wildman–Crippen LogP) is 5.85. The zero-order valence-corrected chi connectivity index (χ0v) is 24.1. The molecule has 3 unspecified atom stereocenters. The van der Waals surface area contributed by atoms with Crippen molar-refractivity contribution < 1.29 is 24.2 Å². The average Bonchev–Trinajstić information content (AvgIpc) is 2.84. The molecule has 0 aromatic heterocycles. The van der Waals surface area contributed by atoms with Gasteiger partial charge in [-0.25, -0.2) is 0 Å². The van der Waals surface area contributed by atoms with Gasteiger partial charge in [0.15, 0.2) is 0 Å². The second kappa shape index (κ2) is 13.1. The highest BCUT2D eigenvalue weighted by Gasteiger charge is 2.29. The number of rotatable bonds is 11. The fraction of sp³-hybridized carbons (Fsp3) is 0.548. The minimum absolute atomic E-state index is 0.0760. The number of aliphatic hydroxyl groups is 1. The van der Waals surface area contributed by atoms with Gasteiger partial charge in [-0.15, -0.1) is 0 Å². The quantitative estimate of drug-likeness (QED) is 0.383. The topological polar surface area (TPSA) is 76.1 Å². The first kappa shape index (κ1) is 30.4. The first-order chi connectivity index (χ1) is 17.3. The number of hydrogen-bond acceptors (Lipinski definition) is 5. The van der Waals surface area contributed by atoms with E-state index < -0.39 is 12.1 Å². The molecule has 204 valence electrons. The van der Waals surface area contributed by atoms with Crippen molar-refractivity contribution in [3.8, 4) is 5.75 Å². The second-order valence-electron chi connectivity index (χ2n) is 11.2. The number of carbonyl (C=O) groups excluding carboxylic acids is 2. The Morgan fingerprint density at radius 2 is 1.73 bits per heavy atom. The van der Waals surface area contributed by atoms with Gasteiger partial charge in [0, 0.05) is 12.6 Å². The summed E-state index contributed by atoms with van der Waals surface area (Å²) in [7, 11) is 2.92. The van der Waals surface area contributed by atoms with Gasteiger partial charge in [-0.2, -0.15) is 0 Å². The number of aliphatic hydroxyl groups excluding tert-OH is 1. The van der Waals surface area contributed by atoms with Crippen LogP contribution in [0, 0.1) is 19.3 Å². The summed E-state index contributed by atoms with van der Waals surface area (Å²) in [5, 5.41) is 10.5. The molecule has 6 heteroatoms. The third kappa shape index (κ3) is 8.32. The molecule has 0 aliphatic rings. The molecule has 1 amide bonds. The number of esters is 1. The molecule has 0 saturated carbocycles. The minimum atomic E-state index is -0.560. The van der Waals surface area contributed by atoms with Gasteiger partial charge in [0.05, 0.1) is 13.2 Å². The first-order valence-electron chi connectivity index (χ1n) is 13.2. The van der Waals surface area contributed by atoms with E-state index in [1.54, 1.807) is 7.05 Å². The number of aryl methyl sites for hydroxylation is 3. The number of hydrogen-bond donors (Lipinski definition) is 1. The molecule has 37 heavy (non-hydrogen) atoms. The monoisotopic (exact) mass is 511 g/mol. The highest BCUT2D eigenvalue weighted by molar-refractivity contribution is 5.97. The Kier molecular flexibility index (Phi) is 10.7. The summed E-state index contributed by atoms with van der Waals surface area (Å²) in [6.07, 6.45) is 2.06. The molecule has 0 heterocycles. The molecule has 0 saturated heterocycles. The Morgan fingerprint density at radius 3 is 2.27 bits per heavy atom. The molecule has 2 rings (SSSR count). The number of amides is 1. The molecule has 6 nitrogen and oxygen atoms in total. The van der Waals surface area contributed by atoms with Gasteiger partial charge in [-0.3, -0.25) is 9.59 Å². The third-order valence-electron chi connectivity index (χ3n) is 7.05. The van der Waals surface area contributed by atoms with E-state index in [4.69, 9.17) is 4.74 Å². The highest BCUT2D eigenvalue weighted by Crippen LogP contribution is 2.30. The lowest BCUT2D eigenvalue weighted by atomic mass is 9.86. The number of ether oxygens (including phenoxy) is 2. The van der Waals surface area contributed by atoms with Crippen LogP contribution in [0.3, 0.4) is 0 Å². The number of nitrogens with zero attached hydrogens (tertiary/aromatic N) is 1. The lowest BCUT2D eigenvalue weighted by Gasteiger charge is -2.31. The molecule has 0 aliphatic carbocycles. The summed E-state index contributed by atoms with van der Waals surface area (Å²) in [4.78, 5) is 25.7. The Hall–Kier alpha value is -2.86. The molecule has 3 atom stereocenters. The van der Waals surface area contributed by atoms with E-state index in [9.17, 15) is 14.7 Å². The van der Waals surface area contributed by atoms with Crippen LogP contribution in [0.5, 0.6) is 5.75 Å². The van der Waals surface area contributed by atoms with Gasteiger partial charge >= 0.3 is 5.97 Å². The van der Waals surface area contributed by atoms with Crippen molar-refractivity contribution in [3.05, 3.63) is 64.2 Å². The van der Waals surface area contributed by atoms with Gasteiger partial charge in [0.25, 0.3) is 5.91 Å². The van der Waals surface area contributed by atoms with E-state index in [1.807, 2.05) is 59.7 Å². The van der Waals surface area contributed by atoms with Crippen molar-refractivity contribution in [1.29, 1.82) is 0 Å². The van der Waals surface area contributed by atoms with Crippen LogP contribution in [0.4, 0.5) is 0 Å². The van der Waals surface area contributed by atoms with Crippen LogP contribution in [0.25, 0.3) is 0 Å². The molecule has 0 fully saturated rings. The minimum Gasteiger partial charge on any atom is -0.488 e. The van der Waals surface area contributed by atoms with E-state index >= 15 is 0 Å².